The molecule has 2 aliphatic heterocycles. The molecule has 134 valence electrons. The van der Waals surface area contributed by atoms with E-state index in [4.69, 9.17) is 14.2 Å². The molecular formula is C18H21FN2O4. The van der Waals surface area contributed by atoms with Crippen LogP contribution in [-0.4, -0.2) is 40.8 Å². The summed E-state index contributed by atoms with van der Waals surface area (Å²) in [6.45, 7) is 6.22. The van der Waals surface area contributed by atoms with Gasteiger partial charge in [0.1, 0.15) is 22.7 Å². The van der Waals surface area contributed by atoms with Gasteiger partial charge in [0.2, 0.25) is 5.95 Å². The molecule has 1 saturated carbocycles. The zero-order chi connectivity index (χ0) is 18.0. The van der Waals surface area contributed by atoms with Crippen molar-refractivity contribution < 1.29 is 23.4 Å². The van der Waals surface area contributed by atoms with Crippen molar-refractivity contribution in [2.75, 3.05) is 13.7 Å². The lowest BCUT2D eigenvalue weighted by molar-refractivity contribution is 0.0150. The Kier molecular flexibility index (Phi) is 3.38. The van der Waals surface area contributed by atoms with Crippen LogP contribution in [0, 0.1) is 5.95 Å². The first kappa shape index (κ1) is 16.3. The number of nitrogens with zero attached hydrogens (tertiary/aromatic N) is 2. The maximum Gasteiger partial charge on any atom is 0.343 e. The minimum Gasteiger partial charge on any atom is -0.490 e. The fourth-order valence-corrected chi connectivity index (χ4v) is 4.13. The second kappa shape index (κ2) is 5.17. The van der Waals surface area contributed by atoms with Gasteiger partial charge in [-0.1, -0.05) is 0 Å². The van der Waals surface area contributed by atoms with Gasteiger partial charge in [-0.2, -0.15) is 4.39 Å². The van der Waals surface area contributed by atoms with E-state index in [1.165, 1.54) is 17.7 Å². The highest BCUT2D eigenvalue weighted by Gasteiger charge is 2.62. The number of carbonyl (C=O) groups is 1. The number of rotatable bonds is 4. The van der Waals surface area contributed by atoms with Gasteiger partial charge in [0.25, 0.3) is 0 Å². The molecule has 0 atom stereocenters. The van der Waals surface area contributed by atoms with Crippen LogP contribution in [0.15, 0.2) is 12.3 Å². The molecule has 0 amide bonds. The largest absolute Gasteiger partial charge is 0.490 e. The average Bonchev–Trinajstić information content (AvgIpc) is 3.14. The topological polar surface area (TPSA) is 62.1 Å². The zero-order valence-corrected chi connectivity index (χ0v) is 14.8. The third-order valence-corrected chi connectivity index (χ3v) is 5.06. The van der Waals surface area contributed by atoms with E-state index in [-0.39, 0.29) is 22.7 Å². The molecule has 2 bridgehead atoms. The maximum atomic E-state index is 15.1. The van der Waals surface area contributed by atoms with Crippen LogP contribution in [0.25, 0.3) is 5.65 Å². The quantitative estimate of drug-likeness (QED) is 0.795. The Morgan fingerprint density at radius 1 is 1.44 bits per heavy atom. The number of pyridine rings is 1. The first-order valence-corrected chi connectivity index (χ1v) is 8.38. The molecule has 4 heterocycles. The molecule has 2 aromatic heterocycles. The number of aromatic nitrogens is 2. The second-order valence-corrected chi connectivity index (χ2v) is 7.56. The monoisotopic (exact) mass is 348 g/mol. The number of hydrogen-bond acceptors (Lipinski definition) is 5. The number of halogens is 1. The van der Waals surface area contributed by atoms with Crippen molar-refractivity contribution in [3.05, 3.63) is 29.5 Å². The average molecular weight is 348 g/mol. The number of fused-ring (bicyclic) bond motifs is 2. The third kappa shape index (κ3) is 2.33. The molecule has 6 nitrogen and oxygen atoms in total. The van der Waals surface area contributed by atoms with Gasteiger partial charge in [-0.3, -0.25) is 4.40 Å². The number of esters is 1. The van der Waals surface area contributed by atoms with Gasteiger partial charge in [-0.05, 0) is 33.6 Å². The summed E-state index contributed by atoms with van der Waals surface area (Å²) in [5, 5.41) is 0. The van der Waals surface area contributed by atoms with E-state index >= 15 is 4.39 Å². The van der Waals surface area contributed by atoms with Crippen LogP contribution in [0.4, 0.5) is 4.39 Å². The van der Waals surface area contributed by atoms with Crippen molar-refractivity contribution >= 4 is 11.6 Å². The van der Waals surface area contributed by atoms with Crippen LogP contribution in [-0.2, 0) is 14.9 Å². The summed E-state index contributed by atoms with van der Waals surface area (Å²) in [7, 11) is 1.28. The summed E-state index contributed by atoms with van der Waals surface area (Å²) in [6.07, 6.45) is 2.79. The molecule has 7 heteroatoms. The van der Waals surface area contributed by atoms with Crippen molar-refractivity contribution in [3.63, 3.8) is 0 Å². The van der Waals surface area contributed by atoms with Crippen molar-refractivity contribution in [1.29, 1.82) is 0 Å². The van der Waals surface area contributed by atoms with Gasteiger partial charge in [0.05, 0.1) is 25.4 Å². The Balaban J connectivity index is 1.84. The summed E-state index contributed by atoms with van der Waals surface area (Å²) in [5.41, 5.74) is 0.455. The van der Waals surface area contributed by atoms with E-state index < -0.39 is 11.9 Å². The molecule has 25 heavy (non-hydrogen) atoms. The van der Waals surface area contributed by atoms with Crippen LogP contribution in [0.1, 0.15) is 49.7 Å². The van der Waals surface area contributed by atoms with Gasteiger partial charge >= 0.3 is 5.97 Å². The Morgan fingerprint density at radius 2 is 2.16 bits per heavy atom. The predicted octanol–water partition coefficient (Wildman–Crippen LogP) is 2.87. The van der Waals surface area contributed by atoms with Crippen LogP contribution >= 0.6 is 0 Å². The Morgan fingerprint density at radius 3 is 2.72 bits per heavy atom. The van der Waals surface area contributed by atoms with Crippen molar-refractivity contribution in [3.8, 4) is 5.75 Å². The minimum atomic E-state index is -0.578. The van der Waals surface area contributed by atoms with Gasteiger partial charge < -0.3 is 14.2 Å². The highest BCUT2D eigenvalue weighted by Crippen LogP contribution is 2.58. The van der Waals surface area contributed by atoms with E-state index in [2.05, 4.69) is 4.98 Å². The Hall–Kier alpha value is -2.15. The van der Waals surface area contributed by atoms with Gasteiger partial charge in [-0.25, -0.2) is 9.78 Å². The fourth-order valence-electron chi connectivity index (χ4n) is 4.13. The SMILES string of the molecule is COC(=O)c1cn2c(F)c(C34COC(C)(C3)C4)nc2cc1OC(C)C. The lowest BCUT2D eigenvalue weighted by atomic mass is 9.62. The molecule has 1 aliphatic carbocycles. The predicted molar refractivity (Wildman–Crippen MR) is 87.5 cm³/mol. The summed E-state index contributed by atoms with van der Waals surface area (Å²) < 4.78 is 32.6. The van der Waals surface area contributed by atoms with Crippen LogP contribution in [0.2, 0.25) is 0 Å². The molecule has 2 aromatic rings. The van der Waals surface area contributed by atoms with Crippen molar-refractivity contribution in [2.45, 2.75) is 50.7 Å². The van der Waals surface area contributed by atoms with Crippen molar-refractivity contribution in [2.24, 2.45) is 0 Å². The first-order chi connectivity index (χ1) is 11.8. The summed E-state index contributed by atoms with van der Waals surface area (Å²) in [5.74, 6) is -0.695. The van der Waals surface area contributed by atoms with Crippen LogP contribution in [0.3, 0.4) is 0 Å². The van der Waals surface area contributed by atoms with Crippen LogP contribution in [0.5, 0.6) is 5.75 Å². The highest BCUT2D eigenvalue weighted by atomic mass is 19.1. The Labute approximate surface area is 144 Å². The third-order valence-electron chi connectivity index (χ3n) is 5.06. The summed E-state index contributed by atoms with van der Waals surface area (Å²) in [6, 6.07) is 1.59. The fraction of sp³-hybridized carbons (Fsp3) is 0.556. The van der Waals surface area contributed by atoms with E-state index in [0.29, 0.717) is 23.7 Å². The lowest BCUT2D eigenvalue weighted by Gasteiger charge is -2.41. The number of imidazole rings is 1. The normalized spacial score (nSPS) is 27.6. The zero-order valence-electron chi connectivity index (χ0n) is 14.8. The van der Waals surface area contributed by atoms with Crippen molar-refractivity contribution in [1.82, 2.24) is 9.38 Å². The highest BCUT2D eigenvalue weighted by molar-refractivity contribution is 5.92. The van der Waals surface area contributed by atoms with E-state index in [9.17, 15) is 4.79 Å². The molecule has 5 rings (SSSR count). The van der Waals surface area contributed by atoms with E-state index in [1.54, 1.807) is 6.07 Å². The van der Waals surface area contributed by atoms with E-state index in [1.807, 2.05) is 20.8 Å². The summed E-state index contributed by atoms with van der Waals surface area (Å²) >= 11 is 0. The molecule has 2 saturated heterocycles. The number of carbonyl (C=O) groups excluding carboxylic acids is 1. The molecule has 0 unspecified atom stereocenters. The molecule has 0 aromatic carbocycles. The van der Waals surface area contributed by atoms with E-state index in [0.717, 1.165) is 12.8 Å². The molecular weight excluding hydrogens is 327 g/mol. The molecule has 0 spiro atoms. The number of hydrogen-bond donors (Lipinski definition) is 0. The number of methoxy groups -OCH3 is 1. The standard InChI is InChI=1S/C18H21FN2O4/c1-10(2)25-12-5-13-20-14(18-7-17(3,8-18)24-9-18)15(19)21(13)6-11(12)16(22)23-4/h5-6,10H,7-9H2,1-4H3. The maximum absolute atomic E-state index is 15.1. The number of ether oxygens (including phenoxy) is 3. The van der Waals surface area contributed by atoms with Gasteiger partial charge in [0.15, 0.2) is 0 Å². The molecule has 3 aliphatic rings. The minimum absolute atomic E-state index is 0.140. The smallest absolute Gasteiger partial charge is 0.343 e. The van der Waals surface area contributed by atoms with Gasteiger partial charge in [-0.15, -0.1) is 0 Å². The first-order valence-electron chi connectivity index (χ1n) is 8.38. The van der Waals surface area contributed by atoms with Gasteiger partial charge in [0, 0.05) is 17.7 Å². The molecule has 0 N–H and O–H groups in total. The summed E-state index contributed by atoms with van der Waals surface area (Å²) in [4.78, 5) is 16.6. The second-order valence-electron chi connectivity index (χ2n) is 7.56. The Bertz CT molecular complexity index is 868. The van der Waals surface area contributed by atoms with Crippen LogP contribution < -0.4 is 4.74 Å². The lowest BCUT2D eigenvalue weighted by Crippen LogP contribution is -2.45. The molecule has 3 fully saturated rings. The molecule has 0 radical (unpaired) electrons.